The van der Waals surface area contributed by atoms with Gasteiger partial charge in [0.1, 0.15) is 22.5 Å². The minimum Gasteiger partial charge on any atom is -0.384 e. The van der Waals surface area contributed by atoms with Gasteiger partial charge in [-0.3, -0.25) is 0 Å². The predicted molar refractivity (Wildman–Crippen MR) is 77.8 cm³/mol. The minimum atomic E-state index is 0.266. The number of rotatable bonds is 5. The zero-order valence-electron chi connectivity index (χ0n) is 10.2. The van der Waals surface area contributed by atoms with Crippen LogP contribution in [0.4, 0.5) is 5.69 Å². The molecule has 0 heterocycles. The fourth-order valence-electron chi connectivity index (χ4n) is 1.30. The highest BCUT2D eigenvalue weighted by atomic mass is 32.1. The van der Waals surface area contributed by atoms with E-state index in [2.05, 4.69) is 10.6 Å². The molecule has 0 saturated heterocycles. The Morgan fingerprint density at radius 2 is 2.06 bits per heavy atom. The Hall–Kier alpha value is -2.06. The topological polar surface area (TPSA) is 73.9 Å². The molecule has 0 aliphatic heterocycles. The van der Waals surface area contributed by atoms with Gasteiger partial charge in [0.2, 0.25) is 0 Å². The lowest BCUT2D eigenvalue weighted by Crippen LogP contribution is -2.26. The Balaban J connectivity index is 2.78. The molecule has 0 saturated carbocycles. The monoisotopic (exact) mass is 260 g/mol. The first-order valence-corrected chi connectivity index (χ1v) is 6.10. The number of nitrogens with two attached hydrogens (primary N) is 1. The van der Waals surface area contributed by atoms with Crippen LogP contribution in [-0.2, 0) is 0 Å². The first-order chi connectivity index (χ1) is 8.69. The maximum Gasteiger partial charge on any atom is 0.126 e. The summed E-state index contributed by atoms with van der Waals surface area (Å²) >= 11 is 5.17. The first-order valence-electron chi connectivity index (χ1n) is 5.69. The van der Waals surface area contributed by atoms with Crippen LogP contribution in [-0.4, -0.2) is 11.5 Å². The van der Waals surface area contributed by atoms with E-state index < -0.39 is 0 Å². The molecule has 1 aromatic carbocycles. The van der Waals surface area contributed by atoms with Gasteiger partial charge in [0.15, 0.2) is 0 Å². The van der Waals surface area contributed by atoms with Crippen molar-refractivity contribution >= 4 is 22.9 Å². The molecule has 4 N–H and O–H groups in total. The lowest BCUT2D eigenvalue weighted by molar-refractivity contribution is 0.759. The third kappa shape index (κ3) is 4.07. The molecule has 5 heteroatoms. The fraction of sp³-hybridized carbons (Fsp3) is 0.231. The molecule has 0 unspecified atom stereocenters. The summed E-state index contributed by atoms with van der Waals surface area (Å²) in [5.74, 6) is 0.313. The van der Waals surface area contributed by atoms with Gasteiger partial charge in [0.25, 0.3) is 0 Å². The Morgan fingerprint density at radius 3 is 2.61 bits per heavy atom. The van der Waals surface area contributed by atoms with Gasteiger partial charge in [-0.2, -0.15) is 5.26 Å². The third-order valence-electron chi connectivity index (χ3n) is 2.21. The van der Waals surface area contributed by atoms with Crippen LogP contribution >= 0.6 is 12.2 Å². The molecule has 0 amide bonds. The SMILES string of the molecule is CCCN/C(N)=C(\C#N)C(=S)Nc1ccccc1. The molecule has 0 spiro atoms. The summed E-state index contributed by atoms with van der Waals surface area (Å²) in [7, 11) is 0. The number of hydrogen-bond donors (Lipinski definition) is 3. The van der Waals surface area contributed by atoms with Gasteiger partial charge >= 0.3 is 0 Å². The summed E-state index contributed by atoms with van der Waals surface area (Å²) in [5, 5.41) is 15.0. The highest BCUT2D eigenvalue weighted by molar-refractivity contribution is 7.81. The van der Waals surface area contributed by atoms with E-state index in [4.69, 9.17) is 23.2 Å². The Kier molecular flexibility index (Phi) is 5.68. The summed E-state index contributed by atoms with van der Waals surface area (Å²) in [6.07, 6.45) is 0.929. The van der Waals surface area contributed by atoms with E-state index in [9.17, 15) is 0 Å². The molecule has 0 radical (unpaired) electrons. The summed E-state index contributed by atoms with van der Waals surface area (Å²) in [6, 6.07) is 11.4. The second-order valence-corrected chi connectivity index (χ2v) is 4.06. The first kappa shape index (κ1) is 14.0. The fourth-order valence-corrected chi connectivity index (χ4v) is 1.57. The van der Waals surface area contributed by atoms with Gasteiger partial charge in [-0.05, 0) is 18.6 Å². The second-order valence-electron chi connectivity index (χ2n) is 3.65. The van der Waals surface area contributed by atoms with Gasteiger partial charge < -0.3 is 16.4 Å². The molecule has 1 rings (SSSR count). The van der Waals surface area contributed by atoms with Gasteiger partial charge in [0.05, 0.1) is 0 Å². The van der Waals surface area contributed by atoms with Crippen molar-refractivity contribution in [3.8, 4) is 6.07 Å². The number of thiocarbonyl (C=S) groups is 1. The lowest BCUT2D eigenvalue weighted by atomic mass is 10.2. The molecular formula is C13H16N4S. The molecule has 0 bridgehead atoms. The van der Waals surface area contributed by atoms with Crippen LogP contribution in [0.2, 0.25) is 0 Å². The lowest BCUT2D eigenvalue weighted by Gasteiger charge is -2.10. The van der Waals surface area contributed by atoms with Crippen molar-refractivity contribution in [2.45, 2.75) is 13.3 Å². The normalized spacial score (nSPS) is 11.1. The van der Waals surface area contributed by atoms with Crippen molar-refractivity contribution < 1.29 is 0 Å². The quantitative estimate of drug-likeness (QED) is 0.429. The van der Waals surface area contributed by atoms with Crippen LogP contribution in [0, 0.1) is 11.3 Å². The molecule has 0 atom stereocenters. The number of benzene rings is 1. The van der Waals surface area contributed by atoms with Gasteiger partial charge in [-0.1, -0.05) is 37.3 Å². The summed E-state index contributed by atoms with van der Waals surface area (Å²) in [5.41, 5.74) is 6.89. The van der Waals surface area contributed by atoms with E-state index in [0.29, 0.717) is 17.4 Å². The molecule has 0 aliphatic carbocycles. The van der Waals surface area contributed by atoms with E-state index in [0.717, 1.165) is 12.1 Å². The standard InChI is InChI=1S/C13H16N4S/c1-2-8-16-12(15)11(9-14)13(18)17-10-6-4-3-5-7-10/h3-7,16H,2,8,15H2,1H3,(H,17,18)/b12-11+. The number of nitrogens with zero attached hydrogens (tertiary/aromatic N) is 1. The van der Waals surface area contributed by atoms with Gasteiger partial charge in [-0.15, -0.1) is 0 Å². The van der Waals surface area contributed by atoms with Crippen molar-refractivity contribution in [1.29, 1.82) is 5.26 Å². The maximum absolute atomic E-state index is 9.09. The van der Waals surface area contributed by atoms with E-state index in [1.54, 1.807) is 0 Å². The van der Waals surface area contributed by atoms with Crippen molar-refractivity contribution in [3.63, 3.8) is 0 Å². The maximum atomic E-state index is 9.09. The Bertz CT molecular complexity index is 474. The largest absolute Gasteiger partial charge is 0.384 e. The molecule has 0 aliphatic rings. The predicted octanol–water partition coefficient (Wildman–Crippen LogP) is 2.12. The molecule has 4 nitrogen and oxygen atoms in total. The van der Waals surface area contributed by atoms with E-state index in [1.807, 2.05) is 43.3 Å². The zero-order chi connectivity index (χ0) is 13.4. The average molecular weight is 260 g/mol. The van der Waals surface area contributed by atoms with Crippen LogP contribution < -0.4 is 16.4 Å². The van der Waals surface area contributed by atoms with Crippen LogP contribution in [0.1, 0.15) is 13.3 Å². The van der Waals surface area contributed by atoms with Crippen LogP contribution in [0.5, 0.6) is 0 Å². The molecule has 94 valence electrons. The molecule has 0 aromatic heterocycles. The summed E-state index contributed by atoms with van der Waals surface area (Å²) < 4.78 is 0. The van der Waals surface area contributed by atoms with Crippen LogP contribution in [0.15, 0.2) is 41.7 Å². The van der Waals surface area contributed by atoms with Crippen molar-refractivity contribution in [3.05, 3.63) is 41.7 Å². The zero-order valence-corrected chi connectivity index (χ0v) is 11.1. The number of anilines is 1. The third-order valence-corrected chi connectivity index (χ3v) is 2.51. The average Bonchev–Trinajstić information content (AvgIpc) is 2.38. The summed E-state index contributed by atoms with van der Waals surface area (Å²) in [4.78, 5) is 0.324. The van der Waals surface area contributed by atoms with E-state index in [-0.39, 0.29) is 5.57 Å². The number of hydrogen-bond acceptors (Lipinski definition) is 4. The highest BCUT2D eigenvalue weighted by Crippen LogP contribution is 2.09. The number of para-hydroxylation sites is 1. The van der Waals surface area contributed by atoms with E-state index >= 15 is 0 Å². The number of nitrogens with one attached hydrogen (secondary N) is 2. The Labute approximate surface area is 112 Å². The van der Waals surface area contributed by atoms with Crippen LogP contribution in [0.3, 0.4) is 0 Å². The molecule has 1 aromatic rings. The molecule has 18 heavy (non-hydrogen) atoms. The minimum absolute atomic E-state index is 0.266. The Morgan fingerprint density at radius 1 is 1.39 bits per heavy atom. The van der Waals surface area contributed by atoms with Gasteiger partial charge in [-0.25, -0.2) is 0 Å². The van der Waals surface area contributed by atoms with Gasteiger partial charge in [0, 0.05) is 12.2 Å². The van der Waals surface area contributed by atoms with Crippen molar-refractivity contribution in [2.24, 2.45) is 5.73 Å². The van der Waals surface area contributed by atoms with E-state index in [1.165, 1.54) is 0 Å². The molecular weight excluding hydrogens is 244 g/mol. The molecule has 0 fully saturated rings. The van der Waals surface area contributed by atoms with Crippen molar-refractivity contribution in [1.82, 2.24) is 5.32 Å². The highest BCUT2D eigenvalue weighted by Gasteiger charge is 2.09. The second kappa shape index (κ2) is 7.30. The smallest absolute Gasteiger partial charge is 0.126 e. The number of nitriles is 1. The summed E-state index contributed by atoms with van der Waals surface area (Å²) in [6.45, 7) is 2.73. The van der Waals surface area contributed by atoms with Crippen molar-refractivity contribution in [2.75, 3.05) is 11.9 Å². The van der Waals surface area contributed by atoms with Crippen LogP contribution in [0.25, 0.3) is 0 Å².